The van der Waals surface area contributed by atoms with Crippen molar-refractivity contribution in [1.82, 2.24) is 0 Å². The van der Waals surface area contributed by atoms with Crippen LogP contribution in [0.1, 0.15) is 32.6 Å². The third-order valence-electron chi connectivity index (χ3n) is 3.30. The minimum absolute atomic E-state index is 0.167. The van der Waals surface area contributed by atoms with Crippen molar-refractivity contribution >= 4 is 5.97 Å². The molecule has 0 saturated heterocycles. The van der Waals surface area contributed by atoms with Gasteiger partial charge in [0.1, 0.15) is 6.10 Å². The van der Waals surface area contributed by atoms with Gasteiger partial charge in [0.05, 0.1) is 0 Å². The first kappa shape index (κ1) is 17.0. The maximum absolute atomic E-state index is 13.0. The molecule has 2 unspecified atom stereocenters. The first-order chi connectivity index (χ1) is 8.91. The summed E-state index contributed by atoms with van der Waals surface area (Å²) in [5.41, 5.74) is 0. The molecule has 0 bridgehead atoms. The molecular formula is C11H13F7O2. The Balaban J connectivity index is 2.84. The maximum Gasteiger partial charge on any atom is 0.460 e. The lowest BCUT2D eigenvalue weighted by atomic mass is 9.88. The Morgan fingerprint density at radius 2 is 1.50 bits per heavy atom. The molecule has 20 heavy (non-hydrogen) atoms. The first-order valence-electron chi connectivity index (χ1n) is 5.94. The van der Waals surface area contributed by atoms with E-state index in [1.54, 1.807) is 6.92 Å². The Hall–Kier alpha value is -1.02. The topological polar surface area (TPSA) is 26.3 Å². The highest BCUT2D eigenvalue weighted by Gasteiger charge is 2.77. The van der Waals surface area contributed by atoms with Crippen LogP contribution in [0.5, 0.6) is 0 Å². The smallest absolute Gasteiger partial charge is 0.457 e. The SMILES string of the molecule is CC1CCCCC1OC(=O)C(F)(F)C(F)(F)C(F)(F)F. The summed E-state index contributed by atoms with van der Waals surface area (Å²) >= 11 is 0. The quantitative estimate of drug-likeness (QED) is 0.583. The van der Waals surface area contributed by atoms with Gasteiger partial charge in [-0.05, 0) is 25.2 Å². The molecular weight excluding hydrogens is 297 g/mol. The molecule has 0 aliphatic heterocycles. The van der Waals surface area contributed by atoms with Crippen LogP contribution in [0.2, 0.25) is 0 Å². The van der Waals surface area contributed by atoms with Gasteiger partial charge in [-0.1, -0.05) is 13.3 Å². The normalized spacial score (nSPS) is 25.4. The fourth-order valence-electron chi connectivity index (χ4n) is 1.98. The second-order valence-electron chi connectivity index (χ2n) is 4.85. The van der Waals surface area contributed by atoms with Crippen LogP contribution < -0.4 is 0 Å². The van der Waals surface area contributed by atoms with E-state index < -0.39 is 30.1 Å². The highest BCUT2D eigenvalue weighted by atomic mass is 19.4. The van der Waals surface area contributed by atoms with Crippen LogP contribution >= 0.6 is 0 Å². The monoisotopic (exact) mass is 310 g/mol. The van der Waals surface area contributed by atoms with Crippen molar-refractivity contribution in [2.75, 3.05) is 0 Å². The molecule has 1 aliphatic carbocycles. The van der Waals surface area contributed by atoms with E-state index in [4.69, 9.17) is 0 Å². The van der Waals surface area contributed by atoms with Gasteiger partial charge in [0, 0.05) is 0 Å². The third-order valence-corrected chi connectivity index (χ3v) is 3.30. The van der Waals surface area contributed by atoms with E-state index in [1.165, 1.54) is 0 Å². The average molecular weight is 310 g/mol. The van der Waals surface area contributed by atoms with Gasteiger partial charge in [0.15, 0.2) is 0 Å². The number of hydrogen-bond acceptors (Lipinski definition) is 2. The van der Waals surface area contributed by atoms with Crippen LogP contribution in [0.4, 0.5) is 30.7 Å². The van der Waals surface area contributed by atoms with Gasteiger partial charge in [-0.25, -0.2) is 4.79 Å². The number of halogens is 7. The number of alkyl halides is 7. The Bertz CT molecular complexity index is 364. The molecule has 9 heteroatoms. The van der Waals surface area contributed by atoms with Gasteiger partial charge < -0.3 is 4.74 Å². The molecule has 0 radical (unpaired) electrons. The Kier molecular flexibility index (Phi) is 4.60. The van der Waals surface area contributed by atoms with Gasteiger partial charge >= 0.3 is 24.0 Å². The highest BCUT2D eigenvalue weighted by Crippen LogP contribution is 2.47. The number of carbonyl (C=O) groups is 1. The second-order valence-corrected chi connectivity index (χ2v) is 4.85. The lowest BCUT2D eigenvalue weighted by molar-refractivity contribution is -0.349. The van der Waals surface area contributed by atoms with E-state index >= 15 is 0 Å². The van der Waals surface area contributed by atoms with Gasteiger partial charge in [-0.2, -0.15) is 30.7 Å². The maximum atomic E-state index is 13.0. The lowest BCUT2D eigenvalue weighted by Crippen LogP contribution is -2.57. The number of carbonyl (C=O) groups excluding carboxylic acids is 1. The summed E-state index contributed by atoms with van der Waals surface area (Å²) in [7, 11) is 0. The van der Waals surface area contributed by atoms with E-state index in [1.807, 2.05) is 0 Å². The summed E-state index contributed by atoms with van der Waals surface area (Å²) in [6.07, 6.45) is -5.62. The van der Waals surface area contributed by atoms with Crippen molar-refractivity contribution in [3.63, 3.8) is 0 Å². The molecule has 0 aromatic heterocycles. The molecule has 0 heterocycles. The fraction of sp³-hybridized carbons (Fsp3) is 0.909. The van der Waals surface area contributed by atoms with E-state index in [0.717, 1.165) is 6.42 Å². The molecule has 2 nitrogen and oxygen atoms in total. The molecule has 0 spiro atoms. The molecule has 1 rings (SSSR count). The Morgan fingerprint density at radius 1 is 1.00 bits per heavy atom. The minimum Gasteiger partial charge on any atom is -0.457 e. The number of hydrogen-bond donors (Lipinski definition) is 0. The molecule has 0 amide bonds. The average Bonchev–Trinajstić information content (AvgIpc) is 2.30. The predicted molar refractivity (Wildman–Crippen MR) is 53.5 cm³/mol. The molecule has 1 aliphatic rings. The van der Waals surface area contributed by atoms with Crippen molar-refractivity contribution in [3.05, 3.63) is 0 Å². The van der Waals surface area contributed by atoms with Crippen LogP contribution in [-0.4, -0.2) is 30.1 Å². The van der Waals surface area contributed by atoms with Crippen LogP contribution in [0.25, 0.3) is 0 Å². The van der Waals surface area contributed by atoms with Crippen molar-refractivity contribution < 1.29 is 40.3 Å². The van der Waals surface area contributed by atoms with Crippen molar-refractivity contribution in [3.8, 4) is 0 Å². The van der Waals surface area contributed by atoms with Crippen LogP contribution in [-0.2, 0) is 9.53 Å². The van der Waals surface area contributed by atoms with Crippen molar-refractivity contribution in [2.45, 2.75) is 56.7 Å². The van der Waals surface area contributed by atoms with Gasteiger partial charge in [-0.3, -0.25) is 0 Å². The molecule has 0 aromatic rings. The lowest BCUT2D eigenvalue weighted by Gasteiger charge is -2.32. The summed E-state index contributed by atoms with van der Waals surface area (Å²) in [5, 5.41) is 0. The van der Waals surface area contributed by atoms with Crippen LogP contribution in [0, 0.1) is 5.92 Å². The third kappa shape index (κ3) is 3.01. The van der Waals surface area contributed by atoms with Gasteiger partial charge in [-0.15, -0.1) is 0 Å². The molecule has 2 atom stereocenters. The van der Waals surface area contributed by atoms with Crippen molar-refractivity contribution in [2.24, 2.45) is 5.92 Å². The molecule has 0 aromatic carbocycles. The molecule has 1 fully saturated rings. The van der Waals surface area contributed by atoms with Crippen LogP contribution in [0.3, 0.4) is 0 Å². The second kappa shape index (κ2) is 5.40. The van der Waals surface area contributed by atoms with E-state index in [0.29, 0.717) is 12.8 Å². The van der Waals surface area contributed by atoms with Crippen molar-refractivity contribution in [1.29, 1.82) is 0 Å². The standard InChI is InChI=1S/C11H13F7O2/c1-6-4-2-3-5-7(6)20-8(19)9(12,13)10(14,15)11(16,17)18/h6-7H,2-5H2,1H3. The molecule has 118 valence electrons. The first-order valence-corrected chi connectivity index (χ1v) is 5.94. The Labute approximate surface area is 110 Å². The highest BCUT2D eigenvalue weighted by molar-refractivity contribution is 5.79. The zero-order valence-corrected chi connectivity index (χ0v) is 10.4. The zero-order valence-electron chi connectivity index (χ0n) is 10.4. The van der Waals surface area contributed by atoms with E-state index in [2.05, 4.69) is 4.74 Å². The fourth-order valence-corrected chi connectivity index (χ4v) is 1.98. The largest absolute Gasteiger partial charge is 0.460 e. The summed E-state index contributed by atoms with van der Waals surface area (Å²) in [6, 6.07) is 0. The van der Waals surface area contributed by atoms with E-state index in [9.17, 15) is 35.5 Å². The predicted octanol–water partition coefficient (Wildman–Crippen LogP) is 3.94. The number of esters is 1. The zero-order chi connectivity index (χ0) is 15.8. The Morgan fingerprint density at radius 3 is 1.95 bits per heavy atom. The van der Waals surface area contributed by atoms with Gasteiger partial charge in [0.2, 0.25) is 0 Å². The van der Waals surface area contributed by atoms with Crippen LogP contribution in [0.15, 0.2) is 0 Å². The van der Waals surface area contributed by atoms with Gasteiger partial charge in [0.25, 0.3) is 0 Å². The summed E-state index contributed by atoms with van der Waals surface area (Å²) < 4.78 is 91.2. The molecule has 1 saturated carbocycles. The van der Waals surface area contributed by atoms with E-state index in [-0.39, 0.29) is 12.3 Å². The summed E-state index contributed by atoms with van der Waals surface area (Å²) in [4.78, 5) is 11.0. The summed E-state index contributed by atoms with van der Waals surface area (Å²) in [6.45, 7) is 1.55. The minimum atomic E-state index is -6.53. The number of rotatable bonds is 3. The summed E-state index contributed by atoms with van der Waals surface area (Å²) in [5.74, 6) is -15.6. The number of ether oxygens (including phenoxy) is 1. The molecule has 0 N–H and O–H groups in total.